The zero-order valence-corrected chi connectivity index (χ0v) is 21.8. The second-order valence-corrected chi connectivity index (χ2v) is 9.26. The lowest BCUT2D eigenvalue weighted by atomic mass is 9.79. The van der Waals surface area contributed by atoms with Crippen LogP contribution in [0.3, 0.4) is 0 Å². The molecule has 4 rings (SSSR count). The molecule has 42 heavy (non-hydrogen) atoms. The van der Waals surface area contributed by atoms with E-state index in [2.05, 4.69) is 16.0 Å². The third-order valence-electron chi connectivity index (χ3n) is 6.46. The number of anilines is 2. The van der Waals surface area contributed by atoms with Crippen molar-refractivity contribution < 1.29 is 46.4 Å². The summed E-state index contributed by atoms with van der Waals surface area (Å²) in [6.07, 6.45) is -4.82. The third kappa shape index (κ3) is 6.15. The summed E-state index contributed by atoms with van der Waals surface area (Å²) in [7, 11) is 0. The Morgan fingerprint density at radius 3 is 2.00 bits per heavy atom. The molecule has 220 valence electrons. The number of halogens is 6. The summed E-state index contributed by atoms with van der Waals surface area (Å²) >= 11 is 0. The molecule has 2 amide bonds. The van der Waals surface area contributed by atoms with Crippen LogP contribution in [0.25, 0.3) is 0 Å². The van der Waals surface area contributed by atoms with Crippen molar-refractivity contribution in [1.29, 1.82) is 0 Å². The van der Waals surface area contributed by atoms with Crippen molar-refractivity contribution in [1.82, 2.24) is 5.32 Å². The molecule has 1 aliphatic heterocycles. The molecule has 0 spiro atoms. The van der Waals surface area contributed by atoms with Crippen molar-refractivity contribution in [3.8, 4) is 0 Å². The second kappa shape index (κ2) is 11.7. The Kier molecular flexibility index (Phi) is 8.43. The maximum Gasteiger partial charge on any atom is 0.418 e. The van der Waals surface area contributed by atoms with Crippen LogP contribution < -0.4 is 21.2 Å². The zero-order chi connectivity index (χ0) is 30.9. The van der Waals surface area contributed by atoms with Gasteiger partial charge in [-0.3, -0.25) is 9.59 Å². The Labute approximate surface area is 234 Å². The van der Waals surface area contributed by atoms with Gasteiger partial charge in [-0.05, 0) is 31.5 Å². The van der Waals surface area contributed by atoms with Gasteiger partial charge in [-0.25, -0.2) is 18.4 Å². The standard InChI is InChI=1S/C28H22F6N4O4/c1-13-23(26(39)36-21-9-4-3-8-17(21)28(32,33)34)25(15-6-5-7-16(10-15)38(41)42)24(14(2)35-13)27(40)37-22-12-19(30)18(29)11-20(22)31/h3-12,25,35,38,41H,1-2H3,(H,36,39)(H,37,40). The van der Waals surface area contributed by atoms with Crippen LogP contribution in [0, 0.1) is 22.7 Å². The zero-order valence-electron chi connectivity index (χ0n) is 21.8. The first-order valence-corrected chi connectivity index (χ1v) is 12.1. The summed E-state index contributed by atoms with van der Waals surface area (Å²) in [5.41, 5.74) is -2.86. The molecule has 0 fully saturated rings. The molecule has 0 saturated carbocycles. The Morgan fingerprint density at radius 1 is 0.833 bits per heavy atom. The molecule has 3 aromatic carbocycles. The molecule has 0 saturated heterocycles. The van der Waals surface area contributed by atoms with Crippen LogP contribution in [0.2, 0.25) is 0 Å². The fraction of sp³-hybridized carbons (Fsp3) is 0.143. The monoisotopic (exact) mass is 592 g/mol. The van der Waals surface area contributed by atoms with Crippen LogP contribution in [0.1, 0.15) is 30.9 Å². The van der Waals surface area contributed by atoms with E-state index in [1.54, 1.807) is 0 Å². The molecule has 3 aromatic rings. The molecule has 5 N–H and O–H groups in total. The predicted octanol–water partition coefficient (Wildman–Crippen LogP) is 5.04. The summed E-state index contributed by atoms with van der Waals surface area (Å²) in [5, 5.41) is 27.0. The number of hydrogen-bond acceptors (Lipinski definition) is 5. The summed E-state index contributed by atoms with van der Waals surface area (Å²) in [6, 6.07) is 10.00. The Balaban J connectivity index is 1.83. The van der Waals surface area contributed by atoms with Gasteiger partial charge in [0.1, 0.15) is 5.82 Å². The lowest BCUT2D eigenvalue weighted by Crippen LogP contribution is -2.99. The summed E-state index contributed by atoms with van der Waals surface area (Å²) in [4.78, 5) is 27.2. The average molecular weight is 592 g/mol. The van der Waals surface area contributed by atoms with Gasteiger partial charge in [-0.2, -0.15) is 18.4 Å². The minimum absolute atomic E-state index is 0.0836. The van der Waals surface area contributed by atoms with E-state index in [4.69, 9.17) is 0 Å². The first kappa shape index (κ1) is 30.3. The predicted molar refractivity (Wildman–Crippen MR) is 139 cm³/mol. The van der Waals surface area contributed by atoms with Gasteiger partial charge in [0.2, 0.25) is 0 Å². The SMILES string of the molecule is CC1=C(C(=O)Nc2cc(F)c(F)cc2F)C(c2cccc([NH+]([O-])O)c2)C(C(=O)Nc2ccccc2C(F)(F)F)=C(C)N1. The van der Waals surface area contributed by atoms with Gasteiger partial charge in [-0.15, -0.1) is 0 Å². The number of rotatable bonds is 6. The minimum Gasteiger partial charge on any atom is -0.595 e. The largest absolute Gasteiger partial charge is 0.595 e. The molecule has 1 aliphatic rings. The molecule has 0 bridgehead atoms. The number of para-hydroxylation sites is 1. The summed E-state index contributed by atoms with van der Waals surface area (Å²) in [6.45, 7) is 2.84. The normalized spacial score (nSPS) is 16.2. The summed E-state index contributed by atoms with van der Waals surface area (Å²) < 4.78 is 82.5. The lowest BCUT2D eigenvalue weighted by Gasteiger charge is -2.32. The smallest absolute Gasteiger partial charge is 0.418 e. The van der Waals surface area contributed by atoms with Gasteiger partial charge in [0.05, 0.1) is 16.9 Å². The van der Waals surface area contributed by atoms with Gasteiger partial charge < -0.3 is 21.2 Å². The van der Waals surface area contributed by atoms with E-state index in [9.17, 15) is 46.3 Å². The number of alkyl halides is 3. The highest BCUT2D eigenvalue weighted by molar-refractivity contribution is 6.12. The molecule has 2 unspecified atom stereocenters. The number of quaternary nitrogens is 1. The van der Waals surface area contributed by atoms with Crippen LogP contribution in [0.15, 0.2) is 83.2 Å². The molecule has 14 heteroatoms. The molecular formula is C28H22F6N4O4. The number of benzene rings is 3. The first-order valence-electron chi connectivity index (χ1n) is 12.1. The fourth-order valence-electron chi connectivity index (χ4n) is 4.62. The van der Waals surface area contributed by atoms with Gasteiger partial charge in [0, 0.05) is 52.7 Å². The van der Waals surface area contributed by atoms with Crippen molar-refractivity contribution in [3.63, 3.8) is 0 Å². The highest BCUT2D eigenvalue weighted by atomic mass is 19.4. The van der Waals surface area contributed by atoms with Crippen molar-refractivity contribution in [2.75, 3.05) is 10.6 Å². The van der Waals surface area contributed by atoms with Crippen LogP contribution in [0.5, 0.6) is 0 Å². The molecule has 0 aromatic heterocycles. The Morgan fingerprint density at radius 2 is 1.40 bits per heavy atom. The van der Waals surface area contributed by atoms with Crippen LogP contribution in [0.4, 0.5) is 43.4 Å². The highest BCUT2D eigenvalue weighted by Gasteiger charge is 2.39. The molecule has 2 atom stereocenters. The van der Waals surface area contributed by atoms with E-state index in [-0.39, 0.29) is 39.9 Å². The average Bonchev–Trinajstić information content (AvgIpc) is 2.90. The van der Waals surface area contributed by atoms with E-state index in [0.29, 0.717) is 6.07 Å². The maximum absolute atomic E-state index is 14.4. The molecule has 1 heterocycles. The maximum atomic E-state index is 14.4. The number of dihydropyridines is 1. The number of allylic oxidation sites excluding steroid dienone is 2. The Bertz CT molecular complexity index is 1630. The number of nitrogens with one attached hydrogen (secondary N) is 4. The van der Waals surface area contributed by atoms with Crippen LogP contribution in [-0.2, 0) is 15.8 Å². The van der Waals surface area contributed by atoms with Gasteiger partial charge in [0.15, 0.2) is 17.3 Å². The van der Waals surface area contributed by atoms with E-state index < -0.39 is 63.5 Å². The van der Waals surface area contributed by atoms with Gasteiger partial charge in [0.25, 0.3) is 11.8 Å². The summed E-state index contributed by atoms with van der Waals surface area (Å²) in [5.74, 6) is -7.79. The second-order valence-electron chi connectivity index (χ2n) is 9.26. The lowest BCUT2D eigenvalue weighted by molar-refractivity contribution is -0.991. The van der Waals surface area contributed by atoms with E-state index in [0.717, 1.165) is 18.2 Å². The molecular weight excluding hydrogens is 570 g/mol. The fourth-order valence-corrected chi connectivity index (χ4v) is 4.62. The quantitative estimate of drug-likeness (QED) is 0.156. The van der Waals surface area contributed by atoms with E-state index in [1.165, 1.54) is 44.2 Å². The van der Waals surface area contributed by atoms with Crippen molar-refractivity contribution in [3.05, 3.63) is 117 Å². The third-order valence-corrected chi connectivity index (χ3v) is 6.46. The van der Waals surface area contributed by atoms with E-state index in [1.807, 2.05) is 0 Å². The topological polar surface area (TPSA) is 118 Å². The van der Waals surface area contributed by atoms with Crippen molar-refractivity contribution in [2.24, 2.45) is 0 Å². The minimum atomic E-state index is -4.82. The molecule has 0 radical (unpaired) electrons. The van der Waals surface area contributed by atoms with Crippen molar-refractivity contribution >= 4 is 28.9 Å². The van der Waals surface area contributed by atoms with Crippen LogP contribution >= 0.6 is 0 Å². The number of carbonyl (C=O) groups excluding carboxylic acids is 2. The number of carbonyl (C=O) groups is 2. The van der Waals surface area contributed by atoms with Gasteiger partial charge in [-0.1, -0.05) is 24.3 Å². The van der Waals surface area contributed by atoms with Crippen molar-refractivity contribution in [2.45, 2.75) is 25.9 Å². The van der Waals surface area contributed by atoms with Crippen LogP contribution in [-0.4, -0.2) is 17.0 Å². The number of amides is 2. The highest BCUT2D eigenvalue weighted by Crippen LogP contribution is 2.41. The molecule has 8 nitrogen and oxygen atoms in total. The Hall–Kier alpha value is -4.66. The van der Waals surface area contributed by atoms with E-state index >= 15 is 0 Å². The first-order chi connectivity index (χ1) is 19.7. The molecule has 0 aliphatic carbocycles. The van der Waals surface area contributed by atoms with Gasteiger partial charge >= 0.3 is 6.18 Å². The number of hydrogen-bond donors (Lipinski definition) is 5.